The van der Waals surface area contributed by atoms with Crippen LogP contribution in [0.5, 0.6) is 0 Å². The van der Waals surface area contributed by atoms with Gasteiger partial charge in [-0.1, -0.05) is 11.2 Å². The van der Waals surface area contributed by atoms with Crippen molar-refractivity contribution < 1.29 is 13.7 Å². The maximum Gasteiger partial charge on any atom is 0.256 e. The van der Waals surface area contributed by atoms with Crippen molar-refractivity contribution in [2.45, 2.75) is 32.6 Å². The van der Waals surface area contributed by atoms with Crippen LogP contribution in [0.15, 0.2) is 22.7 Å². The van der Waals surface area contributed by atoms with E-state index in [1.807, 2.05) is 0 Å². The number of nitrogens with zero attached hydrogens (tertiary/aromatic N) is 3. The van der Waals surface area contributed by atoms with Crippen LogP contribution in [0.2, 0.25) is 0 Å². The van der Waals surface area contributed by atoms with Gasteiger partial charge in [0.15, 0.2) is 5.82 Å². The molecule has 6 heteroatoms. The van der Waals surface area contributed by atoms with Crippen LogP contribution in [0.25, 0.3) is 0 Å². The van der Waals surface area contributed by atoms with Crippen molar-refractivity contribution >= 4 is 5.91 Å². The monoisotopic (exact) mass is 303 g/mol. The second-order valence-corrected chi connectivity index (χ2v) is 5.75. The molecule has 0 bridgehead atoms. The van der Waals surface area contributed by atoms with E-state index < -0.39 is 5.82 Å². The highest BCUT2D eigenvalue weighted by molar-refractivity contribution is 5.94. The Kier molecular flexibility index (Phi) is 3.92. The predicted molar refractivity (Wildman–Crippen MR) is 78.1 cm³/mol. The first-order chi connectivity index (χ1) is 10.5. The second kappa shape index (κ2) is 5.87. The molecule has 0 aliphatic carbocycles. The number of likely N-dealkylation sites (tertiary alicyclic amines) is 1. The van der Waals surface area contributed by atoms with Gasteiger partial charge in [0, 0.05) is 13.1 Å². The van der Waals surface area contributed by atoms with Crippen molar-refractivity contribution in [1.29, 1.82) is 0 Å². The average Bonchev–Trinajstić information content (AvgIpc) is 2.93. The van der Waals surface area contributed by atoms with Gasteiger partial charge in [-0.2, -0.15) is 4.98 Å². The minimum Gasteiger partial charge on any atom is -0.339 e. The van der Waals surface area contributed by atoms with Crippen LogP contribution in [0.1, 0.15) is 46.4 Å². The Labute approximate surface area is 128 Å². The third-order valence-corrected chi connectivity index (χ3v) is 3.96. The van der Waals surface area contributed by atoms with E-state index in [1.165, 1.54) is 6.07 Å². The number of aromatic nitrogens is 2. The maximum atomic E-state index is 14.0. The quantitative estimate of drug-likeness (QED) is 0.856. The zero-order valence-corrected chi connectivity index (χ0v) is 12.7. The van der Waals surface area contributed by atoms with Gasteiger partial charge in [0.05, 0.1) is 11.5 Å². The first-order valence-electron chi connectivity index (χ1n) is 7.40. The van der Waals surface area contributed by atoms with Crippen LogP contribution in [-0.4, -0.2) is 34.0 Å². The van der Waals surface area contributed by atoms with Crippen LogP contribution in [-0.2, 0) is 0 Å². The molecule has 1 aromatic carbocycles. The SMILES string of the molecule is Cc1ccc(C(=O)N2CCCC(c3nc(C)no3)C2)c(F)c1. The maximum absolute atomic E-state index is 14.0. The van der Waals surface area contributed by atoms with E-state index in [9.17, 15) is 9.18 Å². The molecule has 0 spiro atoms. The van der Waals surface area contributed by atoms with E-state index in [-0.39, 0.29) is 17.4 Å². The molecule has 3 rings (SSSR count). The number of carbonyl (C=O) groups excluding carboxylic acids is 1. The zero-order valence-electron chi connectivity index (χ0n) is 12.7. The van der Waals surface area contributed by atoms with Gasteiger partial charge in [0.1, 0.15) is 5.82 Å². The molecule has 2 heterocycles. The molecule has 2 aromatic rings. The Morgan fingerprint density at radius 3 is 2.91 bits per heavy atom. The van der Waals surface area contributed by atoms with Crippen LogP contribution < -0.4 is 0 Å². The summed E-state index contributed by atoms with van der Waals surface area (Å²) in [5.74, 6) is 0.411. The van der Waals surface area contributed by atoms with Crippen molar-refractivity contribution in [3.8, 4) is 0 Å². The molecule has 1 fully saturated rings. The lowest BCUT2D eigenvalue weighted by atomic mass is 9.97. The van der Waals surface area contributed by atoms with Crippen molar-refractivity contribution in [3.63, 3.8) is 0 Å². The van der Waals surface area contributed by atoms with Gasteiger partial charge in [-0.3, -0.25) is 4.79 Å². The fraction of sp³-hybridized carbons (Fsp3) is 0.438. The average molecular weight is 303 g/mol. The van der Waals surface area contributed by atoms with Gasteiger partial charge >= 0.3 is 0 Å². The Morgan fingerprint density at radius 2 is 2.23 bits per heavy atom. The lowest BCUT2D eigenvalue weighted by molar-refractivity contribution is 0.0691. The summed E-state index contributed by atoms with van der Waals surface area (Å²) in [6.45, 7) is 4.66. The Morgan fingerprint density at radius 1 is 1.41 bits per heavy atom. The summed E-state index contributed by atoms with van der Waals surface area (Å²) in [7, 11) is 0. The number of rotatable bonds is 2. The highest BCUT2D eigenvalue weighted by atomic mass is 19.1. The molecule has 1 aromatic heterocycles. The number of amides is 1. The van der Waals surface area contributed by atoms with Gasteiger partial charge in [-0.25, -0.2) is 4.39 Å². The predicted octanol–water partition coefficient (Wildman–Crippen LogP) is 2.85. The van der Waals surface area contributed by atoms with E-state index in [1.54, 1.807) is 30.9 Å². The minimum atomic E-state index is -0.472. The van der Waals surface area contributed by atoms with Crippen LogP contribution in [0.3, 0.4) is 0 Å². The zero-order chi connectivity index (χ0) is 15.7. The molecule has 1 atom stereocenters. The summed E-state index contributed by atoms with van der Waals surface area (Å²) in [6, 6.07) is 4.68. The lowest BCUT2D eigenvalue weighted by Gasteiger charge is -2.31. The van der Waals surface area contributed by atoms with Gasteiger partial charge in [-0.05, 0) is 44.4 Å². The molecular formula is C16H18FN3O2. The van der Waals surface area contributed by atoms with Crippen molar-refractivity contribution in [2.75, 3.05) is 13.1 Å². The topological polar surface area (TPSA) is 59.2 Å². The number of aryl methyl sites for hydroxylation is 2. The second-order valence-electron chi connectivity index (χ2n) is 5.75. The molecule has 1 amide bonds. The summed E-state index contributed by atoms with van der Waals surface area (Å²) in [6.07, 6.45) is 1.73. The number of benzene rings is 1. The molecular weight excluding hydrogens is 285 g/mol. The highest BCUT2D eigenvalue weighted by Crippen LogP contribution is 2.27. The Hall–Kier alpha value is -2.24. The number of carbonyl (C=O) groups is 1. The van der Waals surface area contributed by atoms with Crippen LogP contribution in [0, 0.1) is 19.7 Å². The van der Waals surface area contributed by atoms with Gasteiger partial charge in [0.25, 0.3) is 5.91 Å². The summed E-state index contributed by atoms with van der Waals surface area (Å²) in [5, 5.41) is 3.79. The van der Waals surface area contributed by atoms with Gasteiger partial charge in [-0.15, -0.1) is 0 Å². The Bertz CT molecular complexity index is 698. The molecule has 1 aliphatic rings. The fourth-order valence-electron chi connectivity index (χ4n) is 2.81. The molecule has 5 nitrogen and oxygen atoms in total. The number of halogens is 1. The smallest absolute Gasteiger partial charge is 0.256 e. The van der Waals surface area contributed by atoms with E-state index >= 15 is 0 Å². The number of hydrogen-bond acceptors (Lipinski definition) is 4. The standard InChI is InChI=1S/C16H18FN3O2/c1-10-5-6-13(14(17)8-10)16(21)20-7-3-4-12(9-20)15-18-11(2)19-22-15/h5-6,8,12H,3-4,7,9H2,1-2H3. The number of hydrogen-bond donors (Lipinski definition) is 0. The Balaban J connectivity index is 1.78. The molecule has 1 saturated heterocycles. The lowest BCUT2D eigenvalue weighted by Crippen LogP contribution is -2.39. The summed E-state index contributed by atoms with van der Waals surface area (Å²) >= 11 is 0. The third-order valence-electron chi connectivity index (χ3n) is 3.96. The first kappa shape index (κ1) is 14.7. The van der Waals surface area contributed by atoms with E-state index in [4.69, 9.17) is 4.52 Å². The summed E-state index contributed by atoms with van der Waals surface area (Å²) < 4.78 is 19.2. The molecule has 116 valence electrons. The molecule has 1 unspecified atom stereocenters. The summed E-state index contributed by atoms with van der Waals surface area (Å²) in [5.41, 5.74) is 0.917. The number of piperidine rings is 1. The molecule has 22 heavy (non-hydrogen) atoms. The molecule has 0 radical (unpaired) electrons. The van der Waals surface area contributed by atoms with Crippen molar-refractivity contribution in [3.05, 3.63) is 46.9 Å². The first-order valence-corrected chi connectivity index (χ1v) is 7.40. The van der Waals surface area contributed by atoms with Crippen LogP contribution >= 0.6 is 0 Å². The van der Waals surface area contributed by atoms with E-state index in [0.29, 0.717) is 24.8 Å². The molecule has 0 N–H and O–H groups in total. The largest absolute Gasteiger partial charge is 0.339 e. The van der Waals surface area contributed by atoms with Crippen molar-refractivity contribution in [2.24, 2.45) is 0 Å². The molecule has 0 saturated carbocycles. The summed E-state index contributed by atoms with van der Waals surface area (Å²) in [4.78, 5) is 18.4. The highest BCUT2D eigenvalue weighted by Gasteiger charge is 2.29. The van der Waals surface area contributed by atoms with E-state index in [0.717, 1.165) is 18.4 Å². The van der Waals surface area contributed by atoms with Gasteiger partial charge < -0.3 is 9.42 Å². The van der Waals surface area contributed by atoms with E-state index in [2.05, 4.69) is 10.1 Å². The fourth-order valence-corrected chi connectivity index (χ4v) is 2.81. The minimum absolute atomic E-state index is 0.0207. The molecule has 1 aliphatic heterocycles. The van der Waals surface area contributed by atoms with Crippen molar-refractivity contribution in [1.82, 2.24) is 15.0 Å². The van der Waals surface area contributed by atoms with Gasteiger partial charge in [0.2, 0.25) is 5.89 Å². The third kappa shape index (κ3) is 2.86. The normalized spacial score (nSPS) is 18.5. The van der Waals surface area contributed by atoms with Crippen LogP contribution in [0.4, 0.5) is 4.39 Å².